The Balaban J connectivity index is 1.21. The van der Waals surface area contributed by atoms with Gasteiger partial charge in [-0.2, -0.15) is 0 Å². The lowest BCUT2D eigenvalue weighted by atomic mass is 9.90. The second-order valence-electron chi connectivity index (χ2n) is 13.2. The van der Waals surface area contributed by atoms with Crippen LogP contribution >= 0.6 is 0 Å². The first-order chi connectivity index (χ1) is 25.3. The molecule has 4 heteroatoms. The maximum atomic E-state index is 6.71. The van der Waals surface area contributed by atoms with Crippen molar-refractivity contribution in [3.63, 3.8) is 0 Å². The molecule has 0 unspecified atom stereocenters. The molecule has 0 bridgehead atoms. The monoisotopic (exact) mass is 651 g/mol. The second kappa shape index (κ2) is 10.8. The Bertz CT molecular complexity index is 2860. The molecule has 2 aliphatic heterocycles. The summed E-state index contributed by atoms with van der Waals surface area (Å²) in [6, 6.07) is 62.5. The summed E-state index contributed by atoms with van der Waals surface area (Å²) >= 11 is 0. The molecule has 0 atom stereocenters. The smallest absolute Gasteiger partial charge is 0.152 e. The average Bonchev–Trinajstić information content (AvgIpc) is 3.19. The zero-order valence-corrected chi connectivity index (χ0v) is 27.5. The van der Waals surface area contributed by atoms with Crippen molar-refractivity contribution < 1.29 is 4.74 Å². The lowest BCUT2D eigenvalue weighted by Crippen LogP contribution is -2.20. The summed E-state index contributed by atoms with van der Waals surface area (Å²) in [5, 5.41) is 5.95. The van der Waals surface area contributed by atoms with E-state index in [1.165, 1.54) is 27.1 Å². The van der Waals surface area contributed by atoms with Crippen molar-refractivity contribution in [1.82, 2.24) is 4.98 Å². The minimum atomic E-state index is 0.816. The molecule has 11 rings (SSSR count). The Morgan fingerprint density at radius 3 is 2.08 bits per heavy atom. The molecule has 0 spiro atoms. The van der Waals surface area contributed by atoms with Crippen LogP contribution in [0.3, 0.4) is 0 Å². The van der Waals surface area contributed by atoms with E-state index >= 15 is 0 Å². The van der Waals surface area contributed by atoms with Crippen LogP contribution in [0, 0.1) is 0 Å². The number of rotatable bonds is 3. The molecule has 51 heavy (non-hydrogen) atoms. The van der Waals surface area contributed by atoms with Gasteiger partial charge in [0.05, 0.1) is 28.3 Å². The zero-order valence-electron chi connectivity index (χ0n) is 27.5. The molecule has 3 heterocycles. The van der Waals surface area contributed by atoms with Gasteiger partial charge in [-0.15, -0.1) is 0 Å². The highest BCUT2D eigenvalue weighted by molar-refractivity contribution is 6.15. The molecule has 0 fully saturated rings. The highest BCUT2D eigenvalue weighted by Crippen LogP contribution is 2.58. The van der Waals surface area contributed by atoms with Crippen LogP contribution in [0.5, 0.6) is 11.5 Å². The van der Waals surface area contributed by atoms with Crippen LogP contribution in [0.15, 0.2) is 176 Å². The highest BCUT2D eigenvalue weighted by atomic mass is 16.5. The van der Waals surface area contributed by atoms with Crippen LogP contribution in [0.1, 0.15) is 0 Å². The number of pyridine rings is 1. The van der Waals surface area contributed by atoms with Crippen molar-refractivity contribution in [2.75, 3.05) is 9.80 Å². The molecule has 0 amide bonds. The number of hydrogen-bond donors (Lipinski definition) is 0. The van der Waals surface area contributed by atoms with Gasteiger partial charge in [0.1, 0.15) is 5.82 Å². The van der Waals surface area contributed by atoms with Crippen LogP contribution in [0.4, 0.5) is 34.3 Å². The van der Waals surface area contributed by atoms with Gasteiger partial charge >= 0.3 is 0 Å². The normalized spacial score (nSPS) is 12.8. The van der Waals surface area contributed by atoms with E-state index in [0.29, 0.717) is 0 Å². The van der Waals surface area contributed by atoms with Gasteiger partial charge in [-0.3, -0.25) is 4.90 Å². The fourth-order valence-electron chi connectivity index (χ4n) is 8.03. The van der Waals surface area contributed by atoms with Crippen LogP contribution < -0.4 is 14.5 Å². The first-order valence-corrected chi connectivity index (χ1v) is 17.3. The third kappa shape index (κ3) is 4.23. The summed E-state index contributed by atoms with van der Waals surface area (Å²) in [6.07, 6.45) is 0. The van der Waals surface area contributed by atoms with Gasteiger partial charge in [0.15, 0.2) is 11.5 Å². The van der Waals surface area contributed by atoms with Crippen molar-refractivity contribution in [3.8, 4) is 33.8 Å². The SMILES string of the molecule is c1ccc(N2c3ccccc3Oc3cc4c(cc32)N(c2cc(-c3ccc5ccccc5c3)c3ccccc3n2)c2cccc3cccc-4c23)cc1. The van der Waals surface area contributed by atoms with E-state index in [1.54, 1.807) is 0 Å². The summed E-state index contributed by atoms with van der Waals surface area (Å²) in [6.45, 7) is 0. The lowest BCUT2D eigenvalue weighted by molar-refractivity contribution is 0.477. The predicted octanol–water partition coefficient (Wildman–Crippen LogP) is 13.2. The largest absolute Gasteiger partial charge is 0.453 e. The molecule has 238 valence electrons. The number of benzene rings is 8. The first kappa shape index (κ1) is 28.0. The molecule has 9 aromatic rings. The van der Waals surface area contributed by atoms with Gasteiger partial charge in [0.2, 0.25) is 0 Å². The average molecular weight is 652 g/mol. The summed E-state index contributed by atoms with van der Waals surface area (Å²) in [5.41, 5.74) is 10.8. The lowest BCUT2D eigenvalue weighted by Gasteiger charge is -2.37. The van der Waals surface area contributed by atoms with Gasteiger partial charge < -0.3 is 9.64 Å². The third-order valence-corrected chi connectivity index (χ3v) is 10.3. The van der Waals surface area contributed by atoms with E-state index in [2.05, 4.69) is 174 Å². The molecule has 0 aliphatic carbocycles. The van der Waals surface area contributed by atoms with Crippen molar-refractivity contribution in [3.05, 3.63) is 176 Å². The second-order valence-corrected chi connectivity index (χ2v) is 13.2. The molecule has 1 aromatic heterocycles. The van der Waals surface area contributed by atoms with E-state index in [1.807, 2.05) is 12.1 Å². The van der Waals surface area contributed by atoms with E-state index in [0.717, 1.165) is 73.3 Å². The number of ether oxygens (including phenoxy) is 1. The van der Waals surface area contributed by atoms with E-state index in [9.17, 15) is 0 Å². The molecule has 0 N–H and O–H groups in total. The van der Waals surface area contributed by atoms with E-state index in [-0.39, 0.29) is 0 Å². The zero-order chi connectivity index (χ0) is 33.5. The number of anilines is 6. The molecule has 2 aliphatic rings. The predicted molar refractivity (Wildman–Crippen MR) is 211 cm³/mol. The summed E-state index contributed by atoms with van der Waals surface area (Å²) in [7, 11) is 0. The van der Waals surface area contributed by atoms with Crippen LogP contribution in [0.25, 0.3) is 54.7 Å². The maximum absolute atomic E-state index is 6.71. The van der Waals surface area contributed by atoms with Crippen LogP contribution in [0.2, 0.25) is 0 Å². The molecule has 0 radical (unpaired) electrons. The number of nitrogens with zero attached hydrogens (tertiary/aromatic N) is 3. The maximum Gasteiger partial charge on any atom is 0.152 e. The van der Waals surface area contributed by atoms with Gasteiger partial charge in [0, 0.05) is 22.0 Å². The molecule has 0 saturated heterocycles. The van der Waals surface area contributed by atoms with Gasteiger partial charge in [-0.05, 0) is 93.5 Å². The Labute approximate surface area is 295 Å². The number of para-hydroxylation sites is 4. The molecular formula is C47H29N3O. The van der Waals surface area contributed by atoms with Crippen LogP contribution in [-0.4, -0.2) is 4.98 Å². The summed E-state index contributed by atoms with van der Waals surface area (Å²) in [4.78, 5) is 10.1. The Hall–Kier alpha value is -6.91. The molecule has 4 nitrogen and oxygen atoms in total. The van der Waals surface area contributed by atoms with Gasteiger partial charge in [-0.1, -0.05) is 115 Å². The standard InChI is InChI=1S/C47H29N3O/c1-2-16-34(17-3-1)49-40-21-8-9-23-44(40)51-45-27-38-36-19-10-14-31-15-11-22-41(47(31)36)50(42(38)29-43(45)49)46-28-37(35-18-6-7-20-39(35)48-46)33-25-24-30-12-4-5-13-32(30)26-33/h1-29H. The number of fused-ring (bicyclic) bond motifs is 6. The molecule has 8 aromatic carbocycles. The Morgan fingerprint density at radius 1 is 0.412 bits per heavy atom. The quantitative estimate of drug-likeness (QED) is 0.190. The first-order valence-electron chi connectivity index (χ1n) is 17.3. The van der Waals surface area contributed by atoms with Gasteiger partial charge in [0.25, 0.3) is 0 Å². The number of aromatic nitrogens is 1. The molecular weight excluding hydrogens is 623 g/mol. The van der Waals surface area contributed by atoms with Crippen molar-refractivity contribution in [2.45, 2.75) is 0 Å². The fourth-order valence-corrected chi connectivity index (χ4v) is 8.03. The van der Waals surface area contributed by atoms with E-state index in [4.69, 9.17) is 9.72 Å². The van der Waals surface area contributed by atoms with Crippen molar-refractivity contribution >= 4 is 66.7 Å². The third-order valence-electron chi connectivity index (χ3n) is 10.3. The minimum Gasteiger partial charge on any atom is -0.453 e. The summed E-state index contributed by atoms with van der Waals surface area (Å²) < 4.78 is 6.71. The topological polar surface area (TPSA) is 28.6 Å². The summed E-state index contributed by atoms with van der Waals surface area (Å²) in [5.74, 6) is 2.51. The Kier molecular flexibility index (Phi) is 5.92. The molecule has 0 saturated carbocycles. The van der Waals surface area contributed by atoms with Gasteiger partial charge in [-0.25, -0.2) is 4.98 Å². The van der Waals surface area contributed by atoms with Crippen molar-refractivity contribution in [1.29, 1.82) is 0 Å². The number of hydrogen-bond acceptors (Lipinski definition) is 4. The van der Waals surface area contributed by atoms with E-state index < -0.39 is 0 Å². The fraction of sp³-hybridized carbons (Fsp3) is 0. The minimum absolute atomic E-state index is 0.816. The van der Waals surface area contributed by atoms with Crippen LogP contribution in [-0.2, 0) is 0 Å². The highest BCUT2D eigenvalue weighted by Gasteiger charge is 2.33. The Morgan fingerprint density at radius 2 is 1.16 bits per heavy atom. The van der Waals surface area contributed by atoms with Crippen molar-refractivity contribution in [2.24, 2.45) is 0 Å².